The molecule has 1 aliphatic rings. The number of carbonyl (C=O) groups excluding carboxylic acids is 1. The van der Waals surface area contributed by atoms with Crippen LogP contribution in [0.5, 0.6) is 0 Å². The lowest BCUT2D eigenvalue weighted by Crippen LogP contribution is -2.29. The van der Waals surface area contributed by atoms with E-state index in [4.69, 9.17) is 0 Å². The average Bonchev–Trinajstić information content (AvgIpc) is 3.26. The van der Waals surface area contributed by atoms with Crippen LogP contribution in [0.2, 0.25) is 0 Å². The van der Waals surface area contributed by atoms with E-state index >= 15 is 0 Å². The van der Waals surface area contributed by atoms with Crippen molar-refractivity contribution in [2.75, 3.05) is 25.0 Å². The molecule has 3 aromatic rings. The maximum atomic E-state index is 14.3. The molecule has 140 valence electrons. The van der Waals surface area contributed by atoms with Gasteiger partial charge >= 0.3 is 0 Å². The van der Waals surface area contributed by atoms with Crippen molar-refractivity contribution in [3.05, 3.63) is 59.3 Å². The Morgan fingerprint density at radius 3 is 2.85 bits per heavy atom. The number of hydrogen-bond donors (Lipinski definition) is 1. The van der Waals surface area contributed by atoms with Crippen LogP contribution in [0, 0.1) is 12.7 Å². The van der Waals surface area contributed by atoms with E-state index in [1.807, 2.05) is 31.3 Å². The van der Waals surface area contributed by atoms with Gasteiger partial charge in [-0.2, -0.15) is 0 Å². The number of halogens is 1. The molecular formula is C20H22FN5O. The van der Waals surface area contributed by atoms with Gasteiger partial charge in [-0.3, -0.25) is 4.79 Å². The highest BCUT2D eigenvalue weighted by Crippen LogP contribution is 2.37. The first-order chi connectivity index (χ1) is 12.9. The predicted octanol–water partition coefficient (Wildman–Crippen LogP) is 2.70. The van der Waals surface area contributed by atoms with Gasteiger partial charge in [0.2, 0.25) is 5.82 Å². The second-order valence-corrected chi connectivity index (χ2v) is 7.38. The molecule has 1 aliphatic heterocycles. The fourth-order valence-corrected chi connectivity index (χ4v) is 3.86. The normalized spacial score (nSPS) is 19.6. The largest absolute Gasteiger partial charge is 0.369 e. The SMILES string of the molecule is CNC(=O)c1nc2c(C)cc(N3CCC(C)(c4ccccc4F)C3)cn2n1. The van der Waals surface area contributed by atoms with Crippen LogP contribution in [0.3, 0.4) is 0 Å². The highest BCUT2D eigenvalue weighted by atomic mass is 19.1. The Hall–Kier alpha value is -2.96. The van der Waals surface area contributed by atoms with Crippen LogP contribution in [0.15, 0.2) is 36.5 Å². The van der Waals surface area contributed by atoms with Crippen LogP contribution in [0.1, 0.15) is 35.1 Å². The molecule has 0 radical (unpaired) electrons. The first-order valence-corrected chi connectivity index (χ1v) is 9.00. The molecule has 1 atom stereocenters. The Kier molecular flexibility index (Phi) is 4.09. The molecule has 27 heavy (non-hydrogen) atoms. The molecule has 1 aromatic carbocycles. The summed E-state index contributed by atoms with van der Waals surface area (Å²) >= 11 is 0. The number of rotatable bonds is 3. The summed E-state index contributed by atoms with van der Waals surface area (Å²) < 4.78 is 16.0. The van der Waals surface area contributed by atoms with E-state index in [2.05, 4.69) is 27.2 Å². The van der Waals surface area contributed by atoms with E-state index in [0.29, 0.717) is 5.65 Å². The zero-order valence-corrected chi connectivity index (χ0v) is 15.7. The molecular weight excluding hydrogens is 345 g/mol. The first kappa shape index (κ1) is 17.5. The highest BCUT2D eigenvalue weighted by Gasteiger charge is 2.37. The number of anilines is 1. The van der Waals surface area contributed by atoms with E-state index in [9.17, 15) is 9.18 Å². The summed E-state index contributed by atoms with van der Waals surface area (Å²) in [6.07, 6.45) is 2.75. The Bertz CT molecular complexity index is 1030. The number of benzene rings is 1. The lowest BCUT2D eigenvalue weighted by atomic mass is 9.81. The van der Waals surface area contributed by atoms with Gasteiger partial charge in [0.1, 0.15) is 5.82 Å². The monoisotopic (exact) mass is 367 g/mol. The van der Waals surface area contributed by atoms with Crippen LogP contribution in [-0.2, 0) is 5.41 Å². The van der Waals surface area contributed by atoms with Gasteiger partial charge in [-0.05, 0) is 36.6 Å². The van der Waals surface area contributed by atoms with Crippen LogP contribution in [-0.4, -0.2) is 40.6 Å². The molecule has 0 bridgehead atoms. The van der Waals surface area contributed by atoms with Crippen LogP contribution >= 0.6 is 0 Å². The molecule has 4 rings (SSSR count). The molecule has 0 spiro atoms. The quantitative estimate of drug-likeness (QED) is 0.773. The van der Waals surface area contributed by atoms with Gasteiger partial charge < -0.3 is 10.2 Å². The van der Waals surface area contributed by atoms with E-state index in [1.165, 1.54) is 6.07 Å². The third-order valence-corrected chi connectivity index (χ3v) is 5.40. The molecule has 1 saturated heterocycles. The first-order valence-electron chi connectivity index (χ1n) is 9.00. The number of amides is 1. The van der Waals surface area contributed by atoms with Gasteiger partial charge in [0, 0.05) is 25.6 Å². The summed E-state index contributed by atoms with van der Waals surface area (Å²) in [4.78, 5) is 18.4. The van der Waals surface area contributed by atoms with Crippen molar-refractivity contribution >= 4 is 17.2 Å². The van der Waals surface area contributed by atoms with E-state index in [-0.39, 0.29) is 23.0 Å². The zero-order chi connectivity index (χ0) is 19.2. The molecule has 6 nitrogen and oxygen atoms in total. The van der Waals surface area contributed by atoms with E-state index in [0.717, 1.165) is 36.3 Å². The summed E-state index contributed by atoms with van der Waals surface area (Å²) in [6.45, 7) is 5.60. The summed E-state index contributed by atoms with van der Waals surface area (Å²) in [5.41, 5.74) is 3.11. The number of pyridine rings is 1. The molecule has 3 heterocycles. The fourth-order valence-electron chi connectivity index (χ4n) is 3.86. The molecule has 0 aliphatic carbocycles. The highest BCUT2D eigenvalue weighted by molar-refractivity contribution is 5.90. The standard InChI is InChI=1S/C20H22FN5O/c1-13-10-14(11-26-18(13)23-17(24-26)19(27)22-3)25-9-8-20(2,12-25)15-6-4-5-7-16(15)21/h4-7,10-11H,8-9,12H2,1-3H3,(H,22,27). The zero-order valence-electron chi connectivity index (χ0n) is 15.7. The van der Waals surface area contributed by atoms with Crippen molar-refractivity contribution in [3.63, 3.8) is 0 Å². The number of nitrogens with one attached hydrogen (secondary N) is 1. The second-order valence-electron chi connectivity index (χ2n) is 7.38. The van der Waals surface area contributed by atoms with E-state index < -0.39 is 0 Å². The van der Waals surface area contributed by atoms with Gasteiger partial charge in [0.25, 0.3) is 5.91 Å². The van der Waals surface area contributed by atoms with Crippen molar-refractivity contribution in [1.29, 1.82) is 0 Å². The summed E-state index contributed by atoms with van der Waals surface area (Å²) in [7, 11) is 1.56. The van der Waals surface area contributed by atoms with E-state index in [1.54, 1.807) is 17.6 Å². The van der Waals surface area contributed by atoms with Crippen molar-refractivity contribution < 1.29 is 9.18 Å². The van der Waals surface area contributed by atoms with Crippen LogP contribution < -0.4 is 10.2 Å². The smallest absolute Gasteiger partial charge is 0.290 e. The fraction of sp³-hybridized carbons (Fsp3) is 0.350. The van der Waals surface area contributed by atoms with Crippen molar-refractivity contribution in [1.82, 2.24) is 19.9 Å². The molecule has 7 heteroatoms. The van der Waals surface area contributed by atoms with Crippen LogP contribution in [0.25, 0.3) is 5.65 Å². The van der Waals surface area contributed by atoms with Crippen molar-refractivity contribution in [2.45, 2.75) is 25.7 Å². The van der Waals surface area contributed by atoms with Gasteiger partial charge in [-0.1, -0.05) is 25.1 Å². The lowest BCUT2D eigenvalue weighted by molar-refractivity contribution is 0.0953. The minimum absolute atomic E-state index is 0.148. The number of hydrogen-bond acceptors (Lipinski definition) is 4. The number of aryl methyl sites for hydroxylation is 1. The van der Waals surface area contributed by atoms with Gasteiger partial charge in [0.15, 0.2) is 5.65 Å². The summed E-state index contributed by atoms with van der Waals surface area (Å²) in [5.74, 6) is -0.316. The number of nitrogens with zero attached hydrogens (tertiary/aromatic N) is 4. The van der Waals surface area contributed by atoms with Crippen LogP contribution in [0.4, 0.5) is 10.1 Å². The molecule has 1 fully saturated rings. The van der Waals surface area contributed by atoms with Gasteiger partial charge in [-0.25, -0.2) is 13.9 Å². The number of fused-ring (bicyclic) bond motifs is 1. The average molecular weight is 367 g/mol. The minimum Gasteiger partial charge on any atom is -0.369 e. The summed E-state index contributed by atoms with van der Waals surface area (Å²) in [6, 6.07) is 9.05. The minimum atomic E-state index is -0.312. The topological polar surface area (TPSA) is 62.5 Å². The Morgan fingerprint density at radius 2 is 2.11 bits per heavy atom. The second kappa shape index (κ2) is 6.33. The third-order valence-electron chi connectivity index (χ3n) is 5.40. The summed E-state index contributed by atoms with van der Waals surface area (Å²) in [5, 5.41) is 6.83. The maximum Gasteiger partial charge on any atom is 0.290 e. The number of aromatic nitrogens is 3. The van der Waals surface area contributed by atoms with Gasteiger partial charge in [-0.15, -0.1) is 5.10 Å². The Morgan fingerprint density at radius 1 is 1.33 bits per heavy atom. The molecule has 1 amide bonds. The Balaban J connectivity index is 1.67. The predicted molar refractivity (Wildman–Crippen MR) is 102 cm³/mol. The van der Waals surface area contributed by atoms with Crippen molar-refractivity contribution in [3.8, 4) is 0 Å². The lowest BCUT2D eigenvalue weighted by Gasteiger charge is -2.26. The third kappa shape index (κ3) is 2.93. The maximum absolute atomic E-state index is 14.3. The number of carbonyl (C=O) groups is 1. The molecule has 1 unspecified atom stereocenters. The van der Waals surface area contributed by atoms with Gasteiger partial charge in [0.05, 0.1) is 11.9 Å². The molecule has 2 aromatic heterocycles. The molecule has 0 saturated carbocycles. The Labute approximate surface area is 157 Å². The van der Waals surface area contributed by atoms with Crippen molar-refractivity contribution in [2.24, 2.45) is 0 Å². The molecule has 1 N–H and O–H groups in total.